The molecule has 0 saturated heterocycles. The number of aromatic amines is 1. The van der Waals surface area contributed by atoms with Gasteiger partial charge in [-0.15, -0.1) is 10.2 Å². The van der Waals surface area contributed by atoms with Crippen LogP contribution in [0.15, 0.2) is 47.1 Å². The van der Waals surface area contributed by atoms with Gasteiger partial charge in [-0.05, 0) is 36.4 Å². The molecular formula is C18H12F2N6O. The van der Waals surface area contributed by atoms with Gasteiger partial charge in [-0.3, -0.25) is 0 Å². The van der Waals surface area contributed by atoms with Gasteiger partial charge in [0, 0.05) is 11.1 Å². The molecule has 0 bridgehead atoms. The predicted octanol–water partition coefficient (Wildman–Crippen LogP) is 3.83. The number of benzene rings is 2. The van der Waals surface area contributed by atoms with Crippen LogP contribution >= 0.6 is 0 Å². The molecule has 7 nitrogen and oxygen atoms in total. The number of fused-ring (bicyclic) bond motifs is 1. The molecule has 9 heteroatoms. The standard InChI is InChI=1S/C18H12F2N6O/c19-16(20)8-22-13-3-1-10(5-12(13)7-21)17-25-26-18(27-17)11-2-4-14-15(6-11)24-9-23-14/h1-6,9,16,22H,8H2,(H,23,24). The molecule has 0 fully saturated rings. The maximum atomic E-state index is 12.4. The van der Waals surface area contributed by atoms with Crippen molar-refractivity contribution in [2.75, 3.05) is 11.9 Å². The lowest BCUT2D eigenvalue weighted by Crippen LogP contribution is -2.11. The topological polar surface area (TPSA) is 103 Å². The third-order valence-electron chi connectivity index (χ3n) is 3.93. The summed E-state index contributed by atoms with van der Waals surface area (Å²) < 4.78 is 30.4. The lowest BCUT2D eigenvalue weighted by Gasteiger charge is -2.08. The third-order valence-corrected chi connectivity index (χ3v) is 3.93. The summed E-state index contributed by atoms with van der Waals surface area (Å²) in [5.41, 5.74) is 3.45. The van der Waals surface area contributed by atoms with Gasteiger partial charge in [0.05, 0.1) is 35.2 Å². The summed E-state index contributed by atoms with van der Waals surface area (Å²) in [7, 11) is 0. The molecule has 0 aliphatic heterocycles. The van der Waals surface area contributed by atoms with Crippen molar-refractivity contribution in [3.05, 3.63) is 48.3 Å². The Morgan fingerprint density at radius 1 is 1.11 bits per heavy atom. The Kier molecular flexibility index (Phi) is 4.22. The highest BCUT2D eigenvalue weighted by Crippen LogP contribution is 2.28. The maximum absolute atomic E-state index is 12.4. The summed E-state index contributed by atoms with van der Waals surface area (Å²) in [6.07, 6.45) is -0.914. The van der Waals surface area contributed by atoms with Crippen molar-refractivity contribution >= 4 is 16.7 Å². The molecule has 0 unspecified atom stereocenters. The summed E-state index contributed by atoms with van der Waals surface area (Å²) in [5, 5.41) is 19.9. The highest BCUT2D eigenvalue weighted by atomic mass is 19.3. The van der Waals surface area contributed by atoms with Gasteiger partial charge in [-0.25, -0.2) is 13.8 Å². The molecule has 0 atom stereocenters. The fourth-order valence-electron chi connectivity index (χ4n) is 2.64. The van der Waals surface area contributed by atoms with Crippen LogP contribution in [0.25, 0.3) is 33.9 Å². The van der Waals surface area contributed by atoms with Crippen LogP contribution in [-0.2, 0) is 0 Å². The van der Waals surface area contributed by atoms with E-state index in [1.165, 1.54) is 12.1 Å². The number of nitrogens with one attached hydrogen (secondary N) is 2. The Labute approximate surface area is 151 Å². The molecule has 0 amide bonds. The number of nitriles is 1. The Balaban J connectivity index is 1.63. The number of halogens is 2. The molecule has 4 rings (SSSR count). The zero-order valence-corrected chi connectivity index (χ0v) is 13.8. The van der Waals surface area contributed by atoms with E-state index in [2.05, 4.69) is 25.5 Å². The SMILES string of the molecule is N#Cc1cc(-c2nnc(-c3ccc4nc[nH]c4c3)o2)ccc1NCC(F)F. The smallest absolute Gasteiger partial charge is 0.255 e. The number of imidazole rings is 1. The first kappa shape index (κ1) is 16.7. The largest absolute Gasteiger partial charge is 0.416 e. The van der Waals surface area contributed by atoms with Gasteiger partial charge >= 0.3 is 0 Å². The number of aromatic nitrogens is 4. The van der Waals surface area contributed by atoms with Crippen molar-refractivity contribution in [3.8, 4) is 29.0 Å². The molecule has 4 aromatic rings. The average Bonchev–Trinajstić information content (AvgIpc) is 3.34. The first-order valence-corrected chi connectivity index (χ1v) is 7.97. The molecule has 0 spiro atoms. The fraction of sp³-hybridized carbons (Fsp3) is 0.111. The number of alkyl halides is 2. The predicted molar refractivity (Wildman–Crippen MR) is 94.0 cm³/mol. The van der Waals surface area contributed by atoms with E-state index in [1.807, 2.05) is 24.3 Å². The minimum Gasteiger partial charge on any atom is -0.416 e. The number of rotatable bonds is 5. The van der Waals surface area contributed by atoms with E-state index in [4.69, 9.17) is 4.42 Å². The van der Waals surface area contributed by atoms with Gasteiger partial charge in [-0.2, -0.15) is 5.26 Å². The first-order chi connectivity index (χ1) is 13.1. The van der Waals surface area contributed by atoms with Gasteiger partial charge in [-0.1, -0.05) is 0 Å². The zero-order valence-electron chi connectivity index (χ0n) is 13.8. The Hall–Kier alpha value is -3.80. The summed E-state index contributed by atoms with van der Waals surface area (Å²) in [6.45, 7) is -0.533. The number of anilines is 1. The van der Waals surface area contributed by atoms with Gasteiger partial charge < -0.3 is 14.7 Å². The van der Waals surface area contributed by atoms with Crippen LogP contribution in [0.1, 0.15) is 5.56 Å². The number of H-pyrrole nitrogens is 1. The van der Waals surface area contributed by atoms with E-state index in [-0.39, 0.29) is 11.5 Å². The summed E-state index contributed by atoms with van der Waals surface area (Å²) in [4.78, 5) is 7.17. The van der Waals surface area contributed by atoms with Crippen LogP contribution in [-0.4, -0.2) is 33.1 Å². The molecule has 134 valence electrons. The van der Waals surface area contributed by atoms with Crippen molar-refractivity contribution in [3.63, 3.8) is 0 Å². The second-order valence-electron chi connectivity index (χ2n) is 5.69. The first-order valence-electron chi connectivity index (χ1n) is 7.97. The van der Waals surface area contributed by atoms with E-state index in [0.29, 0.717) is 17.1 Å². The summed E-state index contributed by atoms with van der Waals surface area (Å²) in [5.74, 6) is 0.548. The number of hydrogen-bond donors (Lipinski definition) is 2. The zero-order chi connectivity index (χ0) is 18.8. The quantitative estimate of drug-likeness (QED) is 0.556. The molecule has 2 heterocycles. The highest BCUT2D eigenvalue weighted by molar-refractivity contribution is 5.79. The van der Waals surface area contributed by atoms with Crippen LogP contribution in [0.3, 0.4) is 0 Å². The van der Waals surface area contributed by atoms with E-state index in [0.717, 1.165) is 16.6 Å². The average molecular weight is 366 g/mol. The monoisotopic (exact) mass is 366 g/mol. The van der Waals surface area contributed by atoms with Crippen LogP contribution in [0.4, 0.5) is 14.5 Å². The number of nitrogens with zero attached hydrogens (tertiary/aromatic N) is 4. The van der Waals surface area contributed by atoms with Crippen molar-refractivity contribution < 1.29 is 13.2 Å². The van der Waals surface area contributed by atoms with Crippen molar-refractivity contribution in [1.29, 1.82) is 5.26 Å². The lowest BCUT2D eigenvalue weighted by atomic mass is 10.1. The highest BCUT2D eigenvalue weighted by Gasteiger charge is 2.14. The summed E-state index contributed by atoms with van der Waals surface area (Å²) in [6, 6.07) is 12.2. The second-order valence-corrected chi connectivity index (χ2v) is 5.69. The van der Waals surface area contributed by atoms with Crippen LogP contribution in [0.5, 0.6) is 0 Å². The molecule has 0 saturated carbocycles. The molecule has 0 aliphatic carbocycles. The van der Waals surface area contributed by atoms with Crippen LogP contribution in [0.2, 0.25) is 0 Å². The molecule has 0 aliphatic rings. The van der Waals surface area contributed by atoms with Gasteiger partial charge in [0.2, 0.25) is 11.8 Å². The van der Waals surface area contributed by atoms with Crippen molar-refractivity contribution in [1.82, 2.24) is 20.2 Å². The number of hydrogen-bond acceptors (Lipinski definition) is 6. The summed E-state index contributed by atoms with van der Waals surface area (Å²) >= 11 is 0. The van der Waals surface area contributed by atoms with E-state index in [9.17, 15) is 14.0 Å². The molecule has 27 heavy (non-hydrogen) atoms. The Morgan fingerprint density at radius 3 is 2.59 bits per heavy atom. The molecule has 0 radical (unpaired) electrons. The minimum absolute atomic E-state index is 0.215. The van der Waals surface area contributed by atoms with Crippen molar-refractivity contribution in [2.24, 2.45) is 0 Å². The van der Waals surface area contributed by atoms with Gasteiger partial charge in [0.1, 0.15) is 6.07 Å². The minimum atomic E-state index is -2.51. The van der Waals surface area contributed by atoms with Gasteiger partial charge in [0.25, 0.3) is 6.43 Å². The van der Waals surface area contributed by atoms with Crippen LogP contribution in [0, 0.1) is 11.3 Å². The van der Waals surface area contributed by atoms with Crippen LogP contribution < -0.4 is 5.32 Å². The normalized spacial score (nSPS) is 11.0. The van der Waals surface area contributed by atoms with E-state index < -0.39 is 13.0 Å². The molecule has 2 aromatic carbocycles. The fourth-order valence-corrected chi connectivity index (χ4v) is 2.64. The van der Waals surface area contributed by atoms with Gasteiger partial charge in [0.15, 0.2) is 0 Å². The lowest BCUT2D eigenvalue weighted by molar-refractivity contribution is 0.163. The molecule has 2 N–H and O–H groups in total. The second kappa shape index (κ2) is 6.84. The van der Waals surface area contributed by atoms with Crippen molar-refractivity contribution in [2.45, 2.75) is 6.43 Å². The third kappa shape index (κ3) is 3.32. The van der Waals surface area contributed by atoms with E-state index in [1.54, 1.807) is 12.4 Å². The Bertz CT molecular complexity index is 1140. The molecule has 2 aromatic heterocycles. The van der Waals surface area contributed by atoms with E-state index >= 15 is 0 Å². The molecular weight excluding hydrogens is 354 g/mol. The maximum Gasteiger partial charge on any atom is 0.255 e. The Morgan fingerprint density at radius 2 is 1.85 bits per heavy atom.